The summed E-state index contributed by atoms with van der Waals surface area (Å²) in [5.41, 5.74) is 2.94. The van der Waals surface area contributed by atoms with Gasteiger partial charge in [-0.05, 0) is 30.0 Å². The van der Waals surface area contributed by atoms with Gasteiger partial charge in [-0.3, -0.25) is 4.79 Å². The van der Waals surface area contributed by atoms with Gasteiger partial charge in [0.2, 0.25) is 0 Å². The summed E-state index contributed by atoms with van der Waals surface area (Å²) < 4.78 is 0. The van der Waals surface area contributed by atoms with Gasteiger partial charge in [0.15, 0.2) is 5.78 Å². The van der Waals surface area contributed by atoms with Gasteiger partial charge in [-0.1, -0.05) is 63.2 Å². The monoisotopic (exact) mass is 284 g/mol. The van der Waals surface area contributed by atoms with E-state index in [-0.39, 0.29) is 5.78 Å². The predicted octanol–water partition coefficient (Wildman–Crippen LogP) is 5.10. The lowest BCUT2D eigenvalue weighted by Crippen LogP contribution is -1.94. The Bertz CT molecular complexity index is 571. The lowest BCUT2D eigenvalue weighted by atomic mass is 10.0. The van der Waals surface area contributed by atoms with Crippen molar-refractivity contribution >= 4 is 5.78 Å². The second kappa shape index (κ2) is 8.25. The molecule has 0 aliphatic rings. The number of aryl methyl sites for hydroxylation is 1. The van der Waals surface area contributed by atoms with E-state index in [1.807, 2.05) is 56.3 Å². The normalized spacial score (nSPS) is 9.95. The van der Waals surface area contributed by atoms with E-state index < -0.39 is 0 Å². The molecule has 2 rings (SSSR count). The van der Waals surface area contributed by atoms with Crippen LogP contribution < -0.4 is 0 Å². The highest BCUT2D eigenvalue weighted by Gasteiger charge is 2.04. The first-order chi connectivity index (χ1) is 9.95. The van der Waals surface area contributed by atoms with Crippen molar-refractivity contribution in [1.82, 2.24) is 0 Å². The van der Waals surface area contributed by atoms with E-state index in [2.05, 4.69) is 13.8 Å². The number of aromatic hydroxyl groups is 1. The molecule has 0 saturated heterocycles. The minimum absolute atomic E-state index is 0.209. The molecule has 0 aromatic heterocycles. The third-order valence-electron chi connectivity index (χ3n) is 3.22. The van der Waals surface area contributed by atoms with Gasteiger partial charge < -0.3 is 5.11 Å². The van der Waals surface area contributed by atoms with Crippen LogP contribution in [0.25, 0.3) is 0 Å². The molecule has 0 unspecified atom stereocenters. The van der Waals surface area contributed by atoms with Crippen LogP contribution in [0.4, 0.5) is 0 Å². The molecule has 0 atom stereocenters. The smallest absolute Gasteiger partial charge is 0.162 e. The average molecular weight is 284 g/mol. The molecule has 0 heterocycles. The number of benzene rings is 2. The van der Waals surface area contributed by atoms with Crippen LogP contribution in [0.15, 0.2) is 48.5 Å². The van der Waals surface area contributed by atoms with Crippen LogP contribution >= 0.6 is 0 Å². The summed E-state index contributed by atoms with van der Waals surface area (Å²) in [5, 5.41) is 9.46. The lowest BCUT2D eigenvalue weighted by molar-refractivity contribution is 0.0988. The van der Waals surface area contributed by atoms with Crippen LogP contribution in [0, 0.1) is 6.92 Å². The molecule has 0 fully saturated rings. The molecule has 2 aromatic rings. The molecule has 0 amide bonds. The number of rotatable bonds is 3. The van der Waals surface area contributed by atoms with Crippen molar-refractivity contribution in [1.29, 1.82) is 0 Å². The molecule has 0 radical (unpaired) electrons. The number of Topliss-reactive ketones (excluding diaryl/α,β-unsaturated/α-hetero) is 1. The van der Waals surface area contributed by atoms with Crippen molar-refractivity contribution in [2.75, 3.05) is 0 Å². The van der Waals surface area contributed by atoms with Crippen molar-refractivity contribution in [3.05, 3.63) is 65.2 Å². The molecule has 0 saturated carbocycles. The summed E-state index contributed by atoms with van der Waals surface area (Å²) in [7, 11) is 0. The Hall–Kier alpha value is -2.09. The summed E-state index contributed by atoms with van der Waals surface area (Å²) in [6.07, 6.45) is 0.587. The molecule has 2 aromatic carbocycles. The number of phenolic OH excluding ortho intramolecular Hbond substituents is 1. The molecule has 0 aliphatic carbocycles. The van der Waals surface area contributed by atoms with Crippen LogP contribution in [0.3, 0.4) is 0 Å². The largest absolute Gasteiger partial charge is 0.508 e. The zero-order chi connectivity index (χ0) is 15.8. The predicted molar refractivity (Wildman–Crippen MR) is 88.0 cm³/mol. The number of phenols is 1. The molecule has 112 valence electrons. The molecule has 0 spiro atoms. The number of carbonyl (C=O) groups excluding carboxylic acids is 1. The van der Waals surface area contributed by atoms with Crippen molar-refractivity contribution in [3.8, 4) is 5.75 Å². The number of hydrogen-bond donors (Lipinski definition) is 1. The zero-order valence-corrected chi connectivity index (χ0v) is 13.3. The zero-order valence-electron chi connectivity index (χ0n) is 13.3. The first kappa shape index (κ1) is 17.0. The second-order valence-corrected chi connectivity index (χ2v) is 5.36. The first-order valence-electron chi connectivity index (χ1n) is 7.33. The summed E-state index contributed by atoms with van der Waals surface area (Å²) >= 11 is 0. The Morgan fingerprint density at radius 3 is 2.19 bits per heavy atom. The molecular formula is C19H24O2. The topological polar surface area (TPSA) is 37.3 Å². The first-order valence-corrected chi connectivity index (χ1v) is 7.33. The van der Waals surface area contributed by atoms with E-state index >= 15 is 0 Å². The summed E-state index contributed by atoms with van der Waals surface area (Å²) in [4.78, 5) is 11.0. The van der Waals surface area contributed by atoms with E-state index in [9.17, 15) is 9.90 Å². The highest BCUT2D eigenvalue weighted by molar-refractivity contribution is 5.95. The molecule has 2 heteroatoms. The van der Waals surface area contributed by atoms with Crippen molar-refractivity contribution in [2.45, 2.75) is 40.0 Å². The Morgan fingerprint density at radius 1 is 1.10 bits per heavy atom. The molecule has 0 bridgehead atoms. The standard InChI is InChI=1S/C10H14O.C9H10O/c1-7(2)9-5-4-8(3)6-10(9)11;1-2-9(10)8-6-4-3-5-7-8/h4-7,11H,1-3H3;3-7H,2H2,1H3. The number of ketones is 1. The average Bonchev–Trinajstić information content (AvgIpc) is 2.47. The van der Waals surface area contributed by atoms with Gasteiger partial charge in [0.25, 0.3) is 0 Å². The highest BCUT2D eigenvalue weighted by Crippen LogP contribution is 2.25. The van der Waals surface area contributed by atoms with Gasteiger partial charge in [-0.15, -0.1) is 0 Å². The van der Waals surface area contributed by atoms with Crippen LogP contribution in [0.1, 0.15) is 54.6 Å². The Balaban J connectivity index is 0.000000211. The fourth-order valence-corrected chi connectivity index (χ4v) is 1.97. The molecule has 21 heavy (non-hydrogen) atoms. The number of hydrogen-bond acceptors (Lipinski definition) is 2. The maximum atomic E-state index is 11.0. The van der Waals surface area contributed by atoms with Crippen LogP contribution in [-0.4, -0.2) is 10.9 Å². The van der Waals surface area contributed by atoms with E-state index in [0.717, 1.165) is 16.7 Å². The highest BCUT2D eigenvalue weighted by atomic mass is 16.3. The maximum absolute atomic E-state index is 11.0. The third-order valence-corrected chi connectivity index (χ3v) is 3.22. The minimum Gasteiger partial charge on any atom is -0.508 e. The Morgan fingerprint density at radius 2 is 1.71 bits per heavy atom. The summed E-state index contributed by atoms with van der Waals surface area (Å²) in [6, 6.07) is 15.1. The minimum atomic E-state index is 0.209. The number of carbonyl (C=O) groups is 1. The molecule has 1 N–H and O–H groups in total. The van der Waals surface area contributed by atoms with Crippen molar-refractivity contribution < 1.29 is 9.90 Å². The lowest BCUT2D eigenvalue weighted by Gasteiger charge is -2.07. The summed E-state index contributed by atoms with van der Waals surface area (Å²) in [6.45, 7) is 7.99. The van der Waals surface area contributed by atoms with Gasteiger partial charge >= 0.3 is 0 Å². The van der Waals surface area contributed by atoms with Gasteiger partial charge in [0, 0.05) is 12.0 Å². The van der Waals surface area contributed by atoms with Crippen LogP contribution in [0.5, 0.6) is 5.75 Å². The van der Waals surface area contributed by atoms with Crippen molar-refractivity contribution in [3.63, 3.8) is 0 Å². The fraction of sp³-hybridized carbons (Fsp3) is 0.316. The third kappa shape index (κ3) is 5.42. The molecule has 2 nitrogen and oxygen atoms in total. The van der Waals surface area contributed by atoms with Crippen LogP contribution in [0.2, 0.25) is 0 Å². The second-order valence-electron chi connectivity index (χ2n) is 5.36. The van der Waals surface area contributed by atoms with Crippen molar-refractivity contribution in [2.24, 2.45) is 0 Å². The quantitative estimate of drug-likeness (QED) is 0.796. The van der Waals surface area contributed by atoms with E-state index in [1.165, 1.54) is 0 Å². The van der Waals surface area contributed by atoms with Gasteiger partial charge in [-0.25, -0.2) is 0 Å². The Kier molecular flexibility index (Phi) is 6.67. The fourth-order valence-electron chi connectivity index (χ4n) is 1.97. The van der Waals surface area contributed by atoms with Gasteiger partial charge in [0.05, 0.1) is 0 Å². The molecule has 0 aliphatic heterocycles. The van der Waals surface area contributed by atoms with E-state index in [4.69, 9.17) is 0 Å². The Labute approximate surface area is 127 Å². The summed E-state index contributed by atoms with van der Waals surface area (Å²) in [5.74, 6) is 1.02. The SMILES string of the molecule is CCC(=O)c1ccccc1.Cc1ccc(C(C)C)c(O)c1. The maximum Gasteiger partial charge on any atom is 0.162 e. The van der Waals surface area contributed by atoms with Gasteiger partial charge in [-0.2, -0.15) is 0 Å². The van der Waals surface area contributed by atoms with E-state index in [0.29, 0.717) is 18.1 Å². The van der Waals surface area contributed by atoms with E-state index in [1.54, 1.807) is 6.07 Å². The van der Waals surface area contributed by atoms with Crippen LogP contribution in [-0.2, 0) is 0 Å². The molecular weight excluding hydrogens is 260 g/mol. The van der Waals surface area contributed by atoms with Gasteiger partial charge in [0.1, 0.15) is 5.75 Å².